The molecular formula is C10H19N3S. The van der Waals surface area contributed by atoms with E-state index in [1.807, 2.05) is 6.20 Å². The van der Waals surface area contributed by atoms with Gasteiger partial charge in [0.2, 0.25) is 0 Å². The van der Waals surface area contributed by atoms with Gasteiger partial charge in [-0.1, -0.05) is 11.8 Å². The number of aromatic nitrogens is 2. The molecule has 0 aliphatic rings. The molecule has 0 atom stereocenters. The smallest absolute Gasteiger partial charge is 0.165 e. The Morgan fingerprint density at radius 1 is 1.50 bits per heavy atom. The minimum atomic E-state index is 0.231. The second kappa shape index (κ2) is 5.41. The molecule has 0 radical (unpaired) electrons. The first-order valence-corrected chi connectivity index (χ1v) is 5.94. The van der Waals surface area contributed by atoms with Gasteiger partial charge in [-0.15, -0.1) is 0 Å². The van der Waals surface area contributed by atoms with Crippen LogP contribution in [0.4, 0.5) is 0 Å². The molecule has 1 rings (SSSR count). The van der Waals surface area contributed by atoms with Gasteiger partial charge in [0.25, 0.3) is 0 Å². The van der Waals surface area contributed by atoms with E-state index >= 15 is 0 Å². The molecule has 0 bridgehead atoms. The number of H-pyrrole nitrogens is 1. The van der Waals surface area contributed by atoms with Crippen LogP contribution in [-0.2, 0) is 0 Å². The molecule has 1 heterocycles. The van der Waals surface area contributed by atoms with Crippen LogP contribution in [0.1, 0.15) is 27.2 Å². The molecule has 2 N–H and O–H groups in total. The molecule has 0 aromatic carbocycles. The first kappa shape index (κ1) is 11.6. The second-order valence-electron chi connectivity index (χ2n) is 4.27. The summed E-state index contributed by atoms with van der Waals surface area (Å²) in [5, 5.41) is 4.47. The fourth-order valence-corrected chi connectivity index (χ4v) is 1.80. The number of hydrogen-bond acceptors (Lipinski definition) is 3. The predicted molar refractivity (Wildman–Crippen MR) is 61.7 cm³/mol. The number of nitrogens with one attached hydrogen (secondary N) is 2. The van der Waals surface area contributed by atoms with Crippen molar-refractivity contribution in [1.29, 1.82) is 0 Å². The molecule has 4 heteroatoms. The Kier molecular flexibility index (Phi) is 4.48. The first-order chi connectivity index (χ1) is 6.58. The molecule has 14 heavy (non-hydrogen) atoms. The highest BCUT2D eigenvalue weighted by Crippen LogP contribution is 2.12. The van der Waals surface area contributed by atoms with Crippen molar-refractivity contribution < 1.29 is 0 Å². The van der Waals surface area contributed by atoms with Gasteiger partial charge in [0.1, 0.15) is 0 Å². The molecule has 80 valence electrons. The third kappa shape index (κ3) is 5.29. The fourth-order valence-electron chi connectivity index (χ4n) is 1.03. The van der Waals surface area contributed by atoms with Gasteiger partial charge >= 0.3 is 0 Å². The van der Waals surface area contributed by atoms with E-state index in [1.165, 1.54) is 6.42 Å². The fraction of sp³-hybridized carbons (Fsp3) is 0.700. The lowest BCUT2D eigenvalue weighted by atomic mass is 10.1. The van der Waals surface area contributed by atoms with E-state index in [0.29, 0.717) is 0 Å². The molecule has 0 saturated heterocycles. The Balaban J connectivity index is 2.00. The quantitative estimate of drug-likeness (QED) is 0.582. The maximum absolute atomic E-state index is 4.15. The number of aromatic amines is 1. The zero-order valence-electron chi connectivity index (χ0n) is 9.13. The molecular weight excluding hydrogens is 194 g/mol. The van der Waals surface area contributed by atoms with Gasteiger partial charge in [-0.2, -0.15) is 0 Å². The first-order valence-electron chi connectivity index (χ1n) is 4.95. The van der Waals surface area contributed by atoms with Crippen LogP contribution in [0.2, 0.25) is 0 Å². The van der Waals surface area contributed by atoms with Crippen LogP contribution in [-0.4, -0.2) is 27.8 Å². The largest absolute Gasteiger partial charge is 0.340 e. The SMILES string of the molecule is CC(C)(C)NCCCSc1ncc[nH]1. The molecule has 0 unspecified atom stereocenters. The summed E-state index contributed by atoms with van der Waals surface area (Å²) in [5.74, 6) is 1.11. The van der Waals surface area contributed by atoms with Crippen LogP contribution in [0.5, 0.6) is 0 Å². The van der Waals surface area contributed by atoms with Crippen molar-refractivity contribution in [3.63, 3.8) is 0 Å². The van der Waals surface area contributed by atoms with Crippen LogP contribution in [0.15, 0.2) is 17.6 Å². The Hall–Kier alpha value is -0.480. The Labute approximate surface area is 90.1 Å². The summed E-state index contributed by atoms with van der Waals surface area (Å²) in [7, 11) is 0. The van der Waals surface area contributed by atoms with E-state index in [2.05, 4.69) is 36.1 Å². The van der Waals surface area contributed by atoms with E-state index in [9.17, 15) is 0 Å². The van der Waals surface area contributed by atoms with Gasteiger partial charge < -0.3 is 10.3 Å². The molecule has 1 aromatic rings. The Bertz CT molecular complexity index is 238. The summed E-state index contributed by atoms with van der Waals surface area (Å²) in [6, 6.07) is 0. The van der Waals surface area contributed by atoms with Gasteiger partial charge in [-0.3, -0.25) is 0 Å². The molecule has 1 aromatic heterocycles. The minimum absolute atomic E-state index is 0.231. The zero-order valence-corrected chi connectivity index (χ0v) is 9.95. The molecule has 0 saturated carbocycles. The van der Waals surface area contributed by atoms with E-state index < -0.39 is 0 Å². The van der Waals surface area contributed by atoms with Crippen molar-refractivity contribution in [2.45, 2.75) is 37.9 Å². The summed E-state index contributed by atoms with van der Waals surface area (Å²) in [5.41, 5.74) is 0.231. The zero-order chi connectivity index (χ0) is 10.4. The number of thioether (sulfide) groups is 1. The third-order valence-electron chi connectivity index (χ3n) is 1.69. The molecule has 0 amide bonds. The van der Waals surface area contributed by atoms with Gasteiger partial charge in [0.05, 0.1) is 0 Å². The average Bonchev–Trinajstić information content (AvgIpc) is 2.54. The summed E-state index contributed by atoms with van der Waals surface area (Å²) >= 11 is 1.77. The number of imidazole rings is 1. The monoisotopic (exact) mass is 213 g/mol. The summed E-state index contributed by atoms with van der Waals surface area (Å²) in [6.07, 6.45) is 4.81. The van der Waals surface area contributed by atoms with E-state index in [0.717, 1.165) is 17.5 Å². The second-order valence-corrected chi connectivity index (χ2v) is 5.36. The topological polar surface area (TPSA) is 40.7 Å². The van der Waals surface area contributed by atoms with Crippen molar-refractivity contribution >= 4 is 11.8 Å². The number of hydrogen-bond donors (Lipinski definition) is 2. The summed E-state index contributed by atoms with van der Waals surface area (Å²) < 4.78 is 0. The summed E-state index contributed by atoms with van der Waals surface area (Å²) in [4.78, 5) is 7.23. The van der Waals surface area contributed by atoms with Crippen molar-refractivity contribution in [3.8, 4) is 0 Å². The molecule has 3 nitrogen and oxygen atoms in total. The lowest BCUT2D eigenvalue weighted by Gasteiger charge is -2.20. The van der Waals surface area contributed by atoms with Crippen LogP contribution in [0.3, 0.4) is 0 Å². The average molecular weight is 213 g/mol. The Morgan fingerprint density at radius 2 is 2.29 bits per heavy atom. The summed E-state index contributed by atoms with van der Waals surface area (Å²) in [6.45, 7) is 7.63. The van der Waals surface area contributed by atoms with E-state index in [4.69, 9.17) is 0 Å². The maximum Gasteiger partial charge on any atom is 0.165 e. The predicted octanol–water partition coefficient (Wildman–Crippen LogP) is 2.28. The standard InChI is InChI=1S/C10H19N3S/c1-10(2,3)13-5-4-8-14-9-11-6-7-12-9/h6-7,13H,4-5,8H2,1-3H3,(H,11,12). The molecule has 0 aliphatic carbocycles. The molecule has 0 aliphatic heterocycles. The number of nitrogens with zero attached hydrogens (tertiary/aromatic N) is 1. The highest BCUT2D eigenvalue weighted by molar-refractivity contribution is 7.99. The van der Waals surface area contributed by atoms with Crippen LogP contribution in [0, 0.1) is 0 Å². The molecule has 0 spiro atoms. The lowest BCUT2D eigenvalue weighted by molar-refractivity contribution is 0.427. The highest BCUT2D eigenvalue weighted by Gasteiger charge is 2.07. The minimum Gasteiger partial charge on any atom is -0.340 e. The van der Waals surface area contributed by atoms with Gasteiger partial charge in [0, 0.05) is 23.7 Å². The van der Waals surface area contributed by atoms with Crippen molar-refractivity contribution in [2.75, 3.05) is 12.3 Å². The van der Waals surface area contributed by atoms with Crippen molar-refractivity contribution in [2.24, 2.45) is 0 Å². The van der Waals surface area contributed by atoms with E-state index in [1.54, 1.807) is 18.0 Å². The van der Waals surface area contributed by atoms with Crippen LogP contribution in [0.25, 0.3) is 0 Å². The maximum atomic E-state index is 4.15. The van der Waals surface area contributed by atoms with Crippen LogP contribution < -0.4 is 5.32 Å². The normalized spacial score (nSPS) is 11.9. The van der Waals surface area contributed by atoms with Gasteiger partial charge in [-0.05, 0) is 33.7 Å². The third-order valence-corrected chi connectivity index (χ3v) is 2.68. The van der Waals surface area contributed by atoms with Gasteiger partial charge in [-0.25, -0.2) is 4.98 Å². The Morgan fingerprint density at radius 3 is 2.86 bits per heavy atom. The van der Waals surface area contributed by atoms with Crippen molar-refractivity contribution in [1.82, 2.24) is 15.3 Å². The van der Waals surface area contributed by atoms with Crippen molar-refractivity contribution in [3.05, 3.63) is 12.4 Å². The number of rotatable bonds is 5. The molecule has 0 fully saturated rings. The van der Waals surface area contributed by atoms with E-state index in [-0.39, 0.29) is 5.54 Å². The lowest BCUT2D eigenvalue weighted by Crippen LogP contribution is -2.36. The highest BCUT2D eigenvalue weighted by atomic mass is 32.2. The van der Waals surface area contributed by atoms with Gasteiger partial charge in [0.15, 0.2) is 5.16 Å². The van der Waals surface area contributed by atoms with Crippen LogP contribution >= 0.6 is 11.8 Å².